The molecule has 5 nitrogen and oxygen atoms in total. The Morgan fingerprint density at radius 1 is 1.00 bits per heavy atom. The predicted octanol–water partition coefficient (Wildman–Crippen LogP) is 6.54. The Hall–Kier alpha value is -2.91. The fourth-order valence-electron chi connectivity index (χ4n) is 3.14. The molecular formula is C20H10ClF9N2O3S. The van der Waals surface area contributed by atoms with E-state index in [2.05, 4.69) is 4.98 Å². The molecule has 16 heteroatoms. The summed E-state index contributed by atoms with van der Waals surface area (Å²) in [5, 5.41) is 9.01. The molecule has 0 spiro atoms. The van der Waals surface area contributed by atoms with Crippen LogP contribution >= 0.6 is 11.6 Å². The van der Waals surface area contributed by atoms with Gasteiger partial charge in [0.05, 0.1) is 15.4 Å². The maximum Gasteiger partial charge on any atom is 0.435 e. The molecule has 3 rings (SSSR count). The summed E-state index contributed by atoms with van der Waals surface area (Å²) in [6.45, 7) is 0. The number of carbonyl (C=O) groups excluding carboxylic acids is 1. The lowest BCUT2D eigenvalue weighted by Crippen LogP contribution is -2.50. The second-order valence-corrected chi connectivity index (χ2v) is 8.84. The summed E-state index contributed by atoms with van der Waals surface area (Å²) in [5.41, 5.74) is -9.94. The third-order valence-corrected chi connectivity index (χ3v) is 6.20. The van der Waals surface area contributed by atoms with Gasteiger partial charge in [-0.25, -0.2) is 8.60 Å². The highest BCUT2D eigenvalue weighted by molar-refractivity contribution is 7.85. The number of hydroxylamine groups is 1. The van der Waals surface area contributed by atoms with Crippen LogP contribution in [0.5, 0.6) is 0 Å². The molecule has 0 saturated heterocycles. The van der Waals surface area contributed by atoms with E-state index in [0.29, 0.717) is 5.39 Å². The van der Waals surface area contributed by atoms with Crippen molar-refractivity contribution < 1.29 is 53.7 Å². The molecule has 1 heterocycles. The average molecular weight is 565 g/mol. The van der Waals surface area contributed by atoms with E-state index < -0.39 is 72.8 Å². The third kappa shape index (κ3) is 4.74. The van der Waals surface area contributed by atoms with Gasteiger partial charge in [-0.3, -0.25) is 15.0 Å². The van der Waals surface area contributed by atoms with Crippen molar-refractivity contribution in [2.75, 3.05) is 5.06 Å². The van der Waals surface area contributed by atoms with Crippen molar-refractivity contribution in [3.63, 3.8) is 0 Å². The van der Waals surface area contributed by atoms with E-state index in [4.69, 9.17) is 11.6 Å². The summed E-state index contributed by atoms with van der Waals surface area (Å²) in [6, 6.07) is 6.05. The van der Waals surface area contributed by atoms with Crippen LogP contribution in [-0.2, 0) is 16.5 Å². The van der Waals surface area contributed by atoms with Gasteiger partial charge in [-0.15, -0.1) is 0 Å². The number of rotatable bonds is 5. The summed E-state index contributed by atoms with van der Waals surface area (Å²) in [6.07, 6.45) is -11.9. The summed E-state index contributed by atoms with van der Waals surface area (Å²) in [4.78, 5) is 15.0. The maximum absolute atomic E-state index is 14.5. The summed E-state index contributed by atoms with van der Waals surface area (Å²) in [7, 11) is -3.76. The molecule has 0 aliphatic carbocycles. The Morgan fingerprint density at radius 2 is 1.61 bits per heavy atom. The smallest absolute Gasteiger partial charge is 0.281 e. The van der Waals surface area contributed by atoms with Gasteiger partial charge in [-0.05, 0) is 30.3 Å². The van der Waals surface area contributed by atoms with E-state index >= 15 is 0 Å². The van der Waals surface area contributed by atoms with E-state index in [1.165, 1.54) is 12.3 Å². The first-order valence-corrected chi connectivity index (χ1v) is 10.8. The quantitative estimate of drug-likeness (QED) is 0.217. The Kier molecular flexibility index (Phi) is 7.32. The highest BCUT2D eigenvalue weighted by Crippen LogP contribution is 2.54. The van der Waals surface area contributed by atoms with Crippen LogP contribution in [0, 0.1) is 0 Å². The highest BCUT2D eigenvalue weighted by atomic mass is 35.5. The predicted molar refractivity (Wildman–Crippen MR) is 109 cm³/mol. The molecule has 36 heavy (non-hydrogen) atoms. The van der Waals surface area contributed by atoms with Gasteiger partial charge >= 0.3 is 23.8 Å². The fourth-order valence-corrected chi connectivity index (χ4v) is 4.32. The number of alkyl halides is 9. The van der Waals surface area contributed by atoms with Crippen molar-refractivity contribution >= 4 is 44.9 Å². The molecule has 1 N–H and O–H groups in total. The largest absolute Gasteiger partial charge is 0.435 e. The van der Waals surface area contributed by atoms with Gasteiger partial charge in [0, 0.05) is 22.7 Å². The zero-order valence-electron chi connectivity index (χ0n) is 17.0. The topological polar surface area (TPSA) is 70.5 Å². The van der Waals surface area contributed by atoms with Crippen LogP contribution in [0.25, 0.3) is 10.9 Å². The van der Waals surface area contributed by atoms with Crippen LogP contribution < -0.4 is 5.06 Å². The number of carbonyl (C=O) groups is 1. The van der Waals surface area contributed by atoms with Crippen molar-refractivity contribution in [2.45, 2.75) is 28.7 Å². The van der Waals surface area contributed by atoms with Crippen molar-refractivity contribution in [3.8, 4) is 0 Å². The summed E-state index contributed by atoms with van der Waals surface area (Å²) < 4.78 is 132. The van der Waals surface area contributed by atoms with E-state index in [1.807, 2.05) is 0 Å². The molecule has 3 aromatic rings. The summed E-state index contributed by atoms with van der Waals surface area (Å²) >= 11 is 5.66. The number of nitrogens with zero attached hydrogens (tertiary/aromatic N) is 2. The van der Waals surface area contributed by atoms with Crippen LogP contribution in [0.4, 0.5) is 45.2 Å². The van der Waals surface area contributed by atoms with Crippen LogP contribution in [0.15, 0.2) is 53.6 Å². The van der Waals surface area contributed by atoms with E-state index in [-0.39, 0.29) is 17.1 Å². The zero-order chi connectivity index (χ0) is 27.2. The van der Waals surface area contributed by atoms with E-state index in [1.54, 1.807) is 12.1 Å². The molecule has 1 amide bonds. The number of fused-ring (bicyclic) bond motifs is 1. The monoisotopic (exact) mass is 564 g/mol. The third-order valence-electron chi connectivity index (χ3n) is 4.84. The van der Waals surface area contributed by atoms with Gasteiger partial charge in [-0.2, -0.15) is 40.2 Å². The number of benzene rings is 2. The maximum atomic E-state index is 14.5. The molecule has 1 aromatic heterocycles. The number of hydrogen-bond acceptors (Lipinski definition) is 4. The Morgan fingerprint density at radius 3 is 2.17 bits per heavy atom. The number of pyridine rings is 1. The van der Waals surface area contributed by atoms with Gasteiger partial charge in [0.15, 0.2) is 0 Å². The minimum atomic E-state index is -6.65. The standard InChI is InChI=1S/C20H10ClF9N2O3S/c21-12-7-11(18(24,19(25,26)27)20(28,29)30)8-14(36(35)17(22)23)15(12)32(34)16(33)10-4-3-9-2-1-5-31-13(9)6-10/h1-8,17,34H. The summed E-state index contributed by atoms with van der Waals surface area (Å²) in [5.74, 6) is -5.39. The first-order chi connectivity index (χ1) is 16.5. The van der Waals surface area contributed by atoms with Crippen LogP contribution in [0.2, 0.25) is 5.02 Å². The lowest BCUT2D eigenvalue weighted by atomic mass is 9.94. The minimum Gasteiger partial charge on any atom is -0.281 e. The first-order valence-electron chi connectivity index (χ1n) is 9.24. The SMILES string of the molecule is O=C(c1ccc2cccnc2c1)N(O)c1c(Cl)cc(C(F)(C(F)(F)F)C(F)(F)F)cc1S(=O)C(F)F. The van der Waals surface area contributed by atoms with Crippen molar-refractivity contribution in [1.29, 1.82) is 0 Å². The lowest BCUT2D eigenvalue weighted by Gasteiger charge is -2.31. The number of amides is 1. The minimum absolute atomic E-state index is 0.215. The van der Waals surface area contributed by atoms with Crippen molar-refractivity contribution in [2.24, 2.45) is 0 Å². The molecule has 0 saturated carbocycles. The molecular weight excluding hydrogens is 555 g/mol. The van der Waals surface area contributed by atoms with Gasteiger partial charge in [0.2, 0.25) is 0 Å². The molecule has 1 unspecified atom stereocenters. The van der Waals surface area contributed by atoms with Gasteiger partial charge in [-0.1, -0.05) is 23.7 Å². The molecule has 0 aliphatic rings. The molecule has 0 fully saturated rings. The number of aromatic nitrogens is 1. The van der Waals surface area contributed by atoms with Gasteiger partial charge in [0.1, 0.15) is 16.5 Å². The van der Waals surface area contributed by atoms with Crippen LogP contribution in [0.1, 0.15) is 15.9 Å². The second-order valence-electron chi connectivity index (χ2n) is 7.04. The van der Waals surface area contributed by atoms with Crippen LogP contribution in [-0.4, -0.2) is 38.4 Å². The Bertz CT molecular complexity index is 1330. The second kappa shape index (κ2) is 9.52. The van der Waals surface area contributed by atoms with E-state index in [9.17, 15) is 53.7 Å². The average Bonchev–Trinajstić information content (AvgIpc) is 2.79. The molecule has 2 aromatic carbocycles. The van der Waals surface area contributed by atoms with Crippen molar-refractivity contribution in [1.82, 2.24) is 4.98 Å². The molecule has 194 valence electrons. The Balaban J connectivity index is 2.22. The molecule has 0 radical (unpaired) electrons. The number of anilines is 1. The van der Waals surface area contributed by atoms with Crippen LogP contribution in [0.3, 0.4) is 0 Å². The normalized spacial score (nSPS) is 13.8. The molecule has 1 atom stereocenters. The number of halogens is 10. The highest BCUT2D eigenvalue weighted by Gasteiger charge is 2.73. The number of hydrogen-bond donors (Lipinski definition) is 1. The van der Waals surface area contributed by atoms with Crippen molar-refractivity contribution in [3.05, 3.63) is 64.8 Å². The van der Waals surface area contributed by atoms with Gasteiger partial charge < -0.3 is 0 Å². The Labute approximate surface area is 202 Å². The molecule has 0 bridgehead atoms. The zero-order valence-corrected chi connectivity index (χ0v) is 18.6. The van der Waals surface area contributed by atoms with E-state index in [0.717, 1.165) is 12.1 Å². The fraction of sp³-hybridized carbons (Fsp3) is 0.200. The molecule has 0 aliphatic heterocycles. The lowest BCUT2D eigenvalue weighted by molar-refractivity contribution is -0.348. The first kappa shape index (κ1) is 27.7. The van der Waals surface area contributed by atoms with Gasteiger partial charge in [0.25, 0.3) is 5.91 Å².